The van der Waals surface area contributed by atoms with Crippen LogP contribution in [0.3, 0.4) is 0 Å². The number of urea groups is 1. The second-order valence-corrected chi connectivity index (χ2v) is 6.28. The van der Waals surface area contributed by atoms with Gasteiger partial charge < -0.3 is 16.0 Å². The number of nitrogens with one attached hydrogen (secondary N) is 3. The van der Waals surface area contributed by atoms with Gasteiger partial charge in [0.15, 0.2) is 0 Å². The smallest absolute Gasteiger partial charge is 0.338 e. The molecule has 2 rings (SSSR count). The van der Waals surface area contributed by atoms with E-state index in [4.69, 9.17) is 0 Å². The lowest BCUT2D eigenvalue weighted by molar-refractivity contribution is -0.137. The van der Waals surface area contributed by atoms with Crippen LogP contribution in [0.4, 0.5) is 29.3 Å². The molecule has 6 nitrogen and oxygen atoms in total. The minimum Gasteiger partial charge on any atom is -0.338 e. The fourth-order valence-corrected chi connectivity index (χ4v) is 2.62. The third-order valence-electron chi connectivity index (χ3n) is 3.16. The first-order valence-electron chi connectivity index (χ1n) is 7.88. The molecule has 27 heavy (non-hydrogen) atoms. The van der Waals surface area contributed by atoms with E-state index >= 15 is 0 Å². The van der Waals surface area contributed by atoms with Gasteiger partial charge in [-0.15, -0.1) is 0 Å². The van der Waals surface area contributed by atoms with E-state index in [2.05, 4.69) is 20.9 Å². The molecule has 144 valence electrons. The van der Waals surface area contributed by atoms with Crippen molar-refractivity contribution in [3.63, 3.8) is 0 Å². The summed E-state index contributed by atoms with van der Waals surface area (Å²) < 4.78 is 37.5. The van der Waals surface area contributed by atoms with Gasteiger partial charge in [0.05, 0.1) is 16.3 Å². The summed E-state index contributed by atoms with van der Waals surface area (Å²) in [6.45, 7) is 2.27. The molecule has 0 aliphatic carbocycles. The number of carbonyl (C=O) groups is 2. The van der Waals surface area contributed by atoms with Crippen LogP contribution in [0.15, 0.2) is 47.6 Å². The predicted molar refractivity (Wildman–Crippen MR) is 97.7 cm³/mol. The van der Waals surface area contributed by atoms with Gasteiger partial charge in [0.2, 0.25) is 5.91 Å². The predicted octanol–water partition coefficient (Wildman–Crippen LogP) is 3.97. The Kier molecular flexibility index (Phi) is 7.05. The summed E-state index contributed by atoms with van der Waals surface area (Å²) in [7, 11) is 0. The minimum atomic E-state index is -4.44. The Morgan fingerprint density at radius 3 is 2.41 bits per heavy atom. The van der Waals surface area contributed by atoms with Crippen molar-refractivity contribution in [1.82, 2.24) is 10.3 Å². The van der Waals surface area contributed by atoms with Gasteiger partial charge in [0.25, 0.3) is 0 Å². The van der Waals surface area contributed by atoms with Gasteiger partial charge in [-0.1, -0.05) is 17.8 Å². The fraction of sp³-hybridized carbons (Fsp3) is 0.235. The van der Waals surface area contributed by atoms with E-state index in [-0.39, 0.29) is 17.7 Å². The van der Waals surface area contributed by atoms with E-state index in [0.717, 1.165) is 24.0 Å². The fourth-order valence-electron chi connectivity index (χ4n) is 1.98. The van der Waals surface area contributed by atoms with E-state index in [0.29, 0.717) is 22.9 Å². The number of halogens is 3. The second-order valence-electron chi connectivity index (χ2n) is 5.28. The van der Waals surface area contributed by atoms with Gasteiger partial charge in [-0.05, 0) is 37.3 Å². The van der Waals surface area contributed by atoms with Crippen LogP contribution in [0, 0.1) is 0 Å². The summed E-state index contributed by atoms with van der Waals surface area (Å²) in [5.41, 5.74) is 0.152. The van der Waals surface area contributed by atoms with Crippen molar-refractivity contribution in [2.24, 2.45) is 0 Å². The summed E-state index contributed by atoms with van der Waals surface area (Å²) in [4.78, 5) is 27.2. The van der Waals surface area contributed by atoms with Crippen LogP contribution in [-0.2, 0) is 11.0 Å². The third-order valence-corrected chi connectivity index (χ3v) is 4.10. The van der Waals surface area contributed by atoms with Crippen LogP contribution >= 0.6 is 11.8 Å². The first-order chi connectivity index (χ1) is 12.8. The molecular weight excluding hydrogens is 381 g/mol. The molecule has 3 N–H and O–H groups in total. The molecule has 1 aromatic carbocycles. The number of thioether (sulfide) groups is 1. The SMILES string of the molecule is CCNC(=O)Nc1cccc(NC(=O)CSc2ccc(C(F)(F)F)cn2)c1. The highest BCUT2D eigenvalue weighted by atomic mass is 32.2. The number of anilines is 2. The highest BCUT2D eigenvalue weighted by molar-refractivity contribution is 7.99. The summed E-state index contributed by atoms with van der Waals surface area (Å²) in [5.74, 6) is -0.372. The average Bonchev–Trinajstić information content (AvgIpc) is 2.60. The number of hydrogen-bond donors (Lipinski definition) is 3. The molecule has 2 aromatic rings. The molecule has 10 heteroatoms. The zero-order valence-electron chi connectivity index (χ0n) is 14.3. The second kappa shape index (κ2) is 9.26. The first kappa shape index (κ1) is 20.6. The van der Waals surface area contributed by atoms with Crippen molar-refractivity contribution in [1.29, 1.82) is 0 Å². The molecule has 0 unspecified atom stereocenters. The van der Waals surface area contributed by atoms with Crippen molar-refractivity contribution in [2.75, 3.05) is 22.9 Å². The molecule has 0 radical (unpaired) electrons. The number of hydrogen-bond acceptors (Lipinski definition) is 4. The van der Waals surface area contributed by atoms with Gasteiger partial charge in [0.1, 0.15) is 0 Å². The quantitative estimate of drug-likeness (QED) is 0.643. The Bertz CT molecular complexity index is 798. The molecule has 0 aliphatic rings. The lowest BCUT2D eigenvalue weighted by Crippen LogP contribution is -2.28. The van der Waals surface area contributed by atoms with Crippen molar-refractivity contribution >= 4 is 35.1 Å². The summed E-state index contributed by atoms with van der Waals surface area (Å²) in [6, 6.07) is 8.37. The van der Waals surface area contributed by atoms with Crippen LogP contribution in [0.25, 0.3) is 0 Å². The number of carbonyl (C=O) groups excluding carboxylic acids is 2. The number of amides is 3. The van der Waals surface area contributed by atoms with E-state index in [9.17, 15) is 22.8 Å². The normalized spacial score (nSPS) is 11.0. The maximum Gasteiger partial charge on any atom is 0.417 e. The van der Waals surface area contributed by atoms with Gasteiger partial charge in [-0.3, -0.25) is 4.79 Å². The van der Waals surface area contributed by atoms with Gasteiger partial charge in [-0.25, -0.2) is 9.78 Å². The molecule has 0 atom stereocenters. The topological polar surface area (TPSA) is 83.1 Å². The van der Waals surface area contributed by atoms with Crippen molar-refractivity contribution in [2.45, 2.75) is 18.1 Å². The zero-order chi connectivity index (χ0) is 19.9. The molecule has 0 bridgehead atoms. The molecule has 0 spiro atoms. The van der Waals surface area contributed by atoms with E-state index < -0.39 is 11.7 Å². The van der Waals surface area contributed by atoms with Crippen molar-refractivity contribution in [3.8, 4) is 0 Å². The molecule has 3 amide bonds. The van der Waals surface area contributed by atoms with E-state index in [1.54, 1.807) is 31.2 Å². The average molecular weight is 398 g/mol. The summed E-state index contributed by atoms with van der Waals surface area (Å²) in [6.07, 6.45) is -3.71. The monoisotopic (exact) mass is 398 g/mol. The lowest BCUT2D eigenvalue weighted by Gasteiger charge is -2.09. The van der Waals surface area contributed by atoms with Crippen LogP contribution in [0.5, 0.6) is 0 Å². The Hall–Kier alpha value is -2.75. The Balaban J connectivity index is 1.87. The Morgan fingerprint density at radius 2 is 1.81 bits per heavy atom. The molecule has 0 saturated carbocycles. The number of benzene rings is 1. The number of rotatable bonds is 6. The van der Waals surface area contributed by atoms with Gasteiger partial charge >= 0.3 is 12.2 Å². The maximum atomic E-state index is 12.5. The summed E-state index contributed by atoms with van der Waals surface area (Å²) >= 11 is 1.02. The number of nitrogens with zero attached hydrogens (tertiary/aromatic N) is 1. The molecule has 1 heterocycles. The molecule has 0 fully saturated rings. The summed E-state index contributed by atoms with van der Waals surface area (Å²) in [5, 5.41) is 8.18. The van der Waals surface area contributed by atoms with Crippen molar-refractivity contribution in [3.05, 3.63) is 48.2 Å². The molecule has 0 aliphatic heterocycles. The number of alkyl halides is 3. The van der Waals surface area contributed by atoms with Crippen LogP contribution in [0.1, 0.15) is 12.5 Å². The highest BCUT2D eigenvalue weighted by Gasteiger charge is 2.30. The zero-order valence-corrected chi connectivity index (χ0v) is 15.1. The van der Waals surface area contributed by atoms with Crippen LogP contribution in [-0.4, -0.2) is 29.2 Å². The van der Waals surface area contributed by atoms with Gasteiger partial charge in [-0.2, -0.15) is 13.2 Å². The van der Waals surface area contributed by atoms with E-state index in [1.807, 2.05) is 0 Å². The van der Waals surface area contributed by atoms with E-state index in [1.165, 1.54) is 6.07 Å². The standard InChI is InChI=1S/C17H17F3N4O2S/c1-2-21-16(26)24-13-5-3-4-12(8-13)23-14(25)10-27-15-7-6-11(9-22-15)17(18,19)20/h3-9H,2,10H2,1H3,(H,23,25)(H2,21,24,26). The number of pyridine rings is 1. The maximum absolute atomic E-state index is 12.5. The van der Waals surface area contributed by atoms with Crippen molar-refractivity contribution < 1.29 is 22.8 Å². The minimum absolute atomic E-state index is 0.0215. The number of aromatic nitrogens is 1. The first-order valence-corrected chi connectivity index (χ1v) is 8.87. The Labute approximate surface area is 157 Å². The molecule has 0 saturated heterocycles. The van der Waals surface area contributed by atoms with Gasteiger partial charge in [0, 0.05) is 24.1 Å². The Morgan fingerprint density at radius 1 is 1.11 bits per heavy atom. The largest absolute Gasteiger partial charge is 0.417 e. The van der Waals surface area contributed by atoms with Crippen LogP contribution in [0.2, 0.25) is 0 Å². The lowest BCUT2D eigenvalue weighted by atomic mass is 10.3. The van der Waals surface area contributed by atoms with Crippen LogP contribution < -0.4 is 16.0 Å². The molecule has 1 aromatic heterocycles. The highest BCUT2D eigenvalue weighted by Crippen LogP contribution is 2.29. The third kappa shape index (κ3) is 6.81. The molecular formula is C17H17F3N4O2S.